The summed E-state index contributed by atoms with van der Waals surface area (Å²) in [5.74, 6) is 2.37. The first-order valence-electron chi connectivity index (χ1n) is 14.0. The molecule has 5 rings (SSSR count). The molecule has 1 aromatic rings. The molecule has 1 aliphatic carbocycles. The van der Waals surface area contributed by atoms with Crippen molar-refractivity contribution in [2.75, 3.05) is 59.0 Å². The second-order valence-corrected chi connectivity index (χ2v) is 11.1. The standard InChI is InChI=1S/C29H42N4O3/c34-28(30-12-16-31-13-3-4-14-31)18-24-11-15-33-21-25(24)7-5-17-36-27-8-2-1-6-26(27)20-32(22-29(33)35)19-23-9-10-23/h1-2,5-8,23-25H,3-4,9-22H2,(H,30,34)/t24-,25-/m0/s1. The Morgan fingerprint density at radius 1 is 1.03 bits per heavy atom. The van der Waals surface area contributed by atoms with Crippen LogP contribution in [0.2, 0.25) is 0 Å². The third-order valence-corrected chi connectivity index (χ3v) is 8.21. The maximum absolute atomic E-state index is 13.4. The van der Waals surface area contributed by atoms with E-state index in [1.165, 1.54) is 25.7 Å². The van der Waals surface area contributed by atoms with Crippen LogP contribution < -0.4 is 10.1 Å². The molecule has 1 N–H and O–H groups in total. The van der Waals surface area contributed by atoms with Crippen LogP contribution in [0.1, 0.15) is 44.1 Å². The van der Waals surface area contributed by atoms with E-state index in [4.69, 9.17) is 4.74 Å². The average Bonchev–Trinajstić information content (AvgIpc) is 3.53. The zero-order valence-corrected chi connectivity index (χ0v) is 21.6. The molecule has 196 valence electrons. The van der Waals surface area contributed by atoms with Gasteiger partial charge in [-0.25, -0.2) is 0 Å². The van der Waals surface area contributed by atoms with Gasteiger partial charge in [-0.15, -0.1) is 0 Å². The topological polar surface area (TPSA) is 65.1 Å². The summed E-state index contributed by atoms with van der Waals surface area (Å²) in [4.78, 5) is 32.9. The van der Waals surface area contributed by atoms with Crippen molar-refractivity contribution in [2.45, 2.75) is 45.1 Å². The SMILES string of the molecule is O=C(C[C@@H]1CCN2C[C@@H]1C=CCOc1ccccc1CN(CC1CC1)CC2=O)NCCN1CCCC1. The van der Waals surface area contributed by atoms with Gasteiger partial charge in [0.05, 0.1) is 6.54 Å². The van der Waals surface area contributed by atoms with Crippen molar-refractivity contribution in [3.63, 3.8) is 0 Å². The van der Waals surface area contributed by atoms with E-state index in [1.54, 1.807) is 0 Å². The van der Waals surface area contributed by atoms with Gasteiger partial charge in [0.2, 0.25) is 11.8 Å². The minimum Gasteiger partial charge on any atom is -0.489 e. The summed E-state index contributed by atoms with van der Waals surface area (Å²) >= 11 is 0. The number of carbonyl (C=O) groups is 2. The zero-order valence-electron chi connectivity index (χ0n) is 21.6. The van der Waals surface area contributed by atoms with Gasteiger partial charge in [0.25, 0.3) is 0 Å². The molecule has 2 saturated heterocycles. The van der Waals surface area contributed by atoms with E-state index >= 15 is 0 Å². The van der Waals surface area contributed by atoms with Crippen LogP contribution in [0.4, 0.5) is 0 Å². The Labute approximate surface area is 215 Å². The first kappa shape index (κ1) is 25.3. The maximum atomic E-state index is 13.4. The molecular weight excluding hydrogens is 452 g/mol. The van der Waals surface area contributed by atoms with Crippen molar-refractivity contribution in [3.05, 3.63) is 42.0 Å². The highest BCUT2D eigenvalue weighted by atomic mass is 16.5. The Hall–Kier alpha value is -2.38. The van der Waals surface area contributed by atoms with Gasteiger partial charge in [0.15, 0.2) is 0 Å². The maximum Gasteiger partial charge on any atom is 0.236 e. The minimum absolute atomic E-state index is 0.135. The quantitative estimate of drug-likeness (QED) is 0.591. The molecule has 0 aromatic heterocycles. The van der Waals surface area contributed by atoms with Crippen LogP contribution in [0.5, 0.6) is 5.75 Å². The predicted molar refractivity (Wildman–Crippen MR) is 141 cm³/mol. The number of nitrogens with one attached hydrogen (secondary N) is 1. The molecule has 0 spiro atoms. The number of piperidine rings is 1. The Balaban J connectivity index is 1.23. The third kappa shape index (κ3) is 7.10. The van der Waals surface area contributed by atoms with E-state index in [0.717, 1.165) is 63.5 Å². The van der Waals surface area contributed by atoms with E-state index in [0.29, 0.717) is 32.0 Å². The second kappa shape index (κ2) is 12.2. The summed E-state index contributed by atoms with van der Waals surface area (Å²) in [5.41, 5.74) is 1.14. The first-order valence-corrected chi connectivity index (χ1v) is 14.0. The van der Waals surface area contributed by atoms with Crippen molar-refractivity contribution in [3.8, 4) is 5.75 Å². The molecular formula is C29H42N4O3. The first-order chi connectivity index (χ1) is 17.6. The van der Waals surface area contributed by atoms with Crippen molar-refractivity contribution in [2.24, 2.45) is 17.8 Å². The molecule has 36 heavy (non-hydrogen) atoms. The van der Waals surface area contributed by atoms with E-state index in [2.05, 4.69) is 33.3 Å². The van der Waals surface area contributed by atoms with Crippen LogP contribution >= 0.6 is 0 Å². The summed E-state index contributed by atoms with van der Waals surface area (Å²) in [6, 6.07) is 8.19. The van der Waals surface area contributed by atoms with Crippen LogP contribution in [0.3, 0.4) is 0 Å². The van der Waals surface area contributed by atoms with Gasteiger partial charge in [-0.05, 0) is 69.0 Å². The molecule has 0 unspecified atom stereocenters. The highest BCUT2D eigenvalue weighted by Gasteiger charge is 2.33. The number of fused-ring (bicyclic) bond motifs is 3. The number of amides is 2. The number of ether oxygens (including phenoxy) is 1. The third-order valence-electron chi connectivity index (χ3n) is 8.21. The van der Waals surface area contributed by atoms with Gasteiger partial charge >= 0.3 is 0 Å². The molecule has 3 aliphatic heterocycles. The number of hydrogen-bond donors (Lipinski definition) is 1. The number of nitrogens with zero attached hydrogens (tertiary/aromatic N) is 3. The lowest BCUT2D eigenvalue weighted by Crippen LogP contribution is -2.48. The van der Waals surface area contributed by atoms with E-state index in [1.807, 2.05) is 23.1 Å². The predicted octanol–water partition coefficient (Wildman–Crippen LogP) is 2.91. The number of hydrogen-bond acceptors (Lipinski definition) is 5. The summed E-state index contributed by atoms with van der Waals surface area (Å²) in [5, 5.41) is 3.14. The molecule has 1 aromatic carbocycles. The normalized spacial score (nSPS) is 25.9. The van der Waals surface area contributed by atoms with Gasteiger partial charge in [-0.2, -0.15) is 0 Å². The van der Waals surface area contributed by atoms with Gasteiger partial charge in [-0.3, -0.25) is 14.5 Å². The lowest BCUT2D eigenvalue weighted by Gasteiger charge is -2.38. The van der Waals surface area contributed by atoms with Crippen molar-refractivity contribution in [1.82, 2.24) is 20.0 Å². The van der Waals surface area contributed by atoms with E-state index in [-0.39, 0.29) is 23.7 Å². The summed E-state index contributed by atoms with van der Waals surface area (Å²) in [7, 11) is 0. The molecule has 1 saturated carbocycles. The highest BCUT2D eigenvalue weighted by Crippen LogP contribution is 2.32. The lowest BCUT2D eigenvalue weighted by atomic mass is 9.82. The monoisotopic (exact) mass is 494 g/mol. The van der Waals surface area contributed by atoms with Gasteiger partial charge < -0.3 is 19.9 Å². The number of likely N-dealkylation sites (tertiary alicyclic amines) is 1. The van der Waals surface area contributed by atoms with Crippen LogP contribution in [0, 0.1) is 17.8 Å². The van der Waals surface area contributed by atoms with Crippen molar-refractivity contribution >= 4 is 11.8 Å². The molecule has 2 atom stereocenters. The fourth-order valence-electron chi connectivity index (χ4n) is 5.92. The second-order valence-electron chi connectivity index (χ2n) is 11.1. The molecule has 2 amide bonds. The number of benzene rings is 1. The fraction of sp³-hybridized carbons (Fsp3) is 0.655. The van der Waals surface area contributed by atoms with Crippen LogP contribution in [-0.2, 0) is 16.1 Å². The Morgan fingerprint density at radius 3 is 2.69 bits per heavy atom. The lowest BCUT2D eigenvalue weighted by molar-refractivity contribution is -0.135. The molecule has 3 heterocycles. The molecule has 3 fully saturated rings. The van der Waals surface area contributed by atoms with Crippen LogP contribution in [0.25, 0.3) is 0 Å². The molecule has 4 aliphatic rings. The van der Waals surface area contributed by atoms with Crippen LogP contribution in [0.15, 0.2) is 36.4 Å². The Morgan fingerprint density at radius 2 is 1.86 bits per heavy atom. The van der Waals surface area contributed by atoms with Gasteiger partial charge in [-0.1, -0.05) is 30.4 Å². The van der Waals surface area contributed by atoms with Gasteiger partial charge in [0.1, 0.15) is 12.4 Å². The summed E-state index contributed by atoms with van der Waals surface area (Å²) in [6.45, 7) is 8.04. The minimum atomic E-state index is 0.135. The van der Waals surface area contributed by atoms with Crippen LogP contribution in [-0.4, -0.2) is 85.5 Å². The molecule has 7 heteroatoms. The molecule has 2 bridgehead atoms. The largest absolute Gasteiger partial charge is 0.489 e. The smallest absolute Gasteiger partial charge is 0.236 e. The van der Waals surface area contributed by atoms with Crippen molar-refractivity contribution in [1.29, 1.82) is 0 Å². The molecule has 0 radical (unpaired) electrons. The van der Waals surface area contributed by atoms with Crippen molar-refractivity contribution < 1.29 is 14.3 Å². The summed E-state index contributed by atoms with van der Waals surface area (Å²) in [6.07, 6.45) is 10.7. The number of para-hydroxylation sites is 1. The molecule has 7 nitrogen and oxygen atoms in total. The van der Waals surface area contributed by atoms with E-state index in [9.17, 15) is 9.59 Å². The highest BCUT2D eigenvalue weighted by molar-refractivity contribution is 5.79. The fourth-order valence-corrected chi connectivity index (χ4v) is 5.92. The average molecular weight is 495 g/mol. The Kier molecular flexibility index (Phi) is 8.59. The Bertz CT molecular complexity index is 925. The zero-order chi connectivity index (χ0) is 24.7. The van der Waals surface area contributed by atoms with E-state index < -0.39 is 0 Å². The number of carbonyl (C=O) groups excluding carboxylic acids is 2. The number of rotatable bonds is 7. The van der Waals surface area contributed by atoms with Gasteiger partial charge in [0, 0.05) is 51.3 Å². The summed E-state index contributed by atoms with van der Waals surface area (Å²) < 4.78 is 6.16.